The first-order chi connectivity index (χ1) is 12.6. The molecule has 1 aromatic carbocycles. The Hall–Kier alpha value is -3.42. The van der Waals surface area contributed by atoms with Crippen molar-refractivity contribution in [2.24, 2.45) is 0 Å². The Kier molecular flexibility index (Phi) is 4.00. The molecule has 1 fully saturated rings. The molecule has 0 atom stereocenters. The average molecular weight is 352 g/mol. The van der Waals surface area contributed by atoms with Crippen LogP contribution in [0.2, 0.25) is 0 Å². The number of nitrogens with one attached hydrogen (secondary N) is 1. The van der Waals surface area contributed by atoms with Gasteiger partial charge in [0.05, 0.1) is 23.8 Å². The number of anilines is 3. The van der Waals surface area contributed by atoms with E-state index in [1.165, 1.54) is 18.5 Å². The van der Waals surface area contributed by atoms with Crippen LogP contribution >= 0.6 is 0 Å². The molecule has 3 aromatic rings. The van der Waals surface area contributed by atoms with Crippen LogP contribution in [0.3, 0.4) is 0 Å². The number of nitrogens with zero attached hydrogens (tertiary/aromatic N) is 4. The second-order valence-electron chi connectivity index (χ2n) is 6.06. The first-order valence-corrected chi connectivity index (χ1v) is 8.22. The minimum atomic E-state index is -0.407. The maximum Gasteiger partial charge on any atom is 0.275 e. The summed E-state index contributed by atoms with van der Waals surface area (Å²) >= 11 is 0. The van der Waals surface area contributed by atoms with Gasteiger partial charge in [-0.05, 0) is 30.7 Å². The number of hydrogen-bond donors (Lipinski definition) is 2. The highest BCUT2D eigenvalue weighted by Gasteiger charge is 2.17. The number of halogens is 1. The molecule has 4 rings (SSSR count). The van der Waals surface area contributed by atoms with Crippen molar-refractivity contribution in [2.45, 2.75) is 6.42 Å². The predicted molar refractivity (Wildman–Crippen MR) is 97.0 cm³/mol. The molecule has 0 bridgehead atoms. The predicted octanol–water partition coefficient (Wildman–Crippen LogP) is 2.45. The maximum atomic E-state index is 13.2. The summed E-state index contributed by atoms with van der Waals surface area (Å²) in [6.45, 7) is 1.92. The van der Waals surface area contributed by atoms with Gasteiger partial charge in [0.25, 0.3) is 5.91 Å². The van der Waals surface area contributed by atoms with E-state index >= 15 is 0 Å². The number of carbonyl (C=O) groups is 1. The fourth-order valence-electron chi connectivity index (χ4n) is 2.68. The number of nitrogens with two attached hydrogens (primary N) is 1. The zero-order chi connectivity index (χ0) is 18.1. The fourth-order valence-corrected chi connectivity index (χ4v) is 2.68. The highest BCUT2D eigenvalue weighted by Crippen LogP contribution is 2.23. The molecule has 0 spiro atoms. The van der Waals surface area contributed by atoms with Crippen LogP contribution in [-0.4, -0.2) is 33.5 Å². The van der Waals surface area contributed by atoms with Gasteiger partial charge in [0.15, 0.2) is 0 Å². The van der Waals surface area contributed by atoms with Crippen molar-refractivity contribution in [2.75, 3.05) is 29.0 Å². The van der Waals surface area contributed by atoms with Crippen molar-refractivity contribution in [3.05, 3.63) is 60.6 Å². The molecule has 132 valence electrons. The van der Waals surface area contributed by atoms with Gasteiger partial charge < -0.3 is 20.5 Å². The lowest BCUT2D eigenvalue weighted by atomic mass is 10.2. The molecule has 1 aliphatic heterocycles. The molecule has 1 amide bonds. The molecule has 1 aliphatic rings. The number of hydrogen-bond acceptors (Lipinski definition) is 5. The molecule has 2 aromatic heterocycles. The second kappa shape index (κ2) is 6.47. The van der Waals surface area contributed by atoms with Gasteiger partial charge in [0, 0.05) is 31.2 Å². The van der Waals surface area contributed by atoms with Gasteiger partial charge in [-0.3, -0.25) is 4.79 Å². The lowest BCUT2D eigenvalue weighted by Crippen LogP contribution is -2.37. The monoisotopic (exact) mass is 352 g/mol. The number of carbonyl (C=O) groups excluding carboxylic acids is 1. The summed E-state index contributed by atoms with van der Waals surface area (Å²) in [5, 5.41) is 2.73. The van der Waals surface area contributed by atoms with Crippen LogP contribution in [0.15, 0.2) is 49.1 Å². The van der Waals surface area contributed by atoms with E-state index in [4.69, 9.17) is 5.73 Å². The van der Waals surface area contributed by atoms with E-state index in [0.29, 0.717) is 17.1 Å². The quantitative estimate of drug-likeness (QED) is 0.704. The number of amides is 1. The van der Waals surface area contributed by atoms with E-state index in [0.717, 1.165) is 25.3 Å². The van der Waals surface area contributed by atoms with Gasteiger partial charge in [-0.25, -0.2) is 14.4 Å². The van der Waals surface area contributed by atoms with Crippen molar-refractivity contribution in [1.29, 1.82) is 0 Å². The van der Waals surface area contributed by atoms with Gasteiger partial charge >= 0.3 is 0 Å². The van der Waals surface area contributed by atoms with Crippen LogP contribution in [0.5, 0.6) is 0 Å². The van der Waals surface area contributed by atoms with Crippen LogP contribution in [-0.2, 0) is 0 Å². The van der Waals surface area contributed by atoms with Crippen LogP contribution in [0, 0.1) is 5.82 Å². The second-order valence-corrected chi connectivity index (χ2v) is 6.06. The number of rotatable bonds is 4. The first kappa shape index (κ1) is 16.1. The summed E-state index contributed by atoms with van der Waals surface area (Å²) in [5.74, 6) is 0.0177. The number of benzene rings is 1. The summed E-state index contributed by atoms with van der Waals surface area (Å²) in [6, 6.07) is 6.42. The average Bonchev–Trinajstić information content (AvgIpc) is 3.02. The van der Waals surface area contributed by atoms with Gasteiger partial charge in [-0.2, -0.15) is 0 Å². The molecule has 1 saturated heterocycles. The zero-order valence-corrected chi connectivity index (χ0v) is 13.9. The van der Waals surface area contributed by atoms with Gasteiger partial charge in [0.1, 0.15) is 17.3 Å². The molecule has 0 unspecified atom stereocenters. The number of nitrogen functional groups attached to an aromatic ring is 1. The molecular formula is C18H17FN6O. The molecular weight excluding hydrogens is 335 g/mol. The van der Waals surface area contributed by atoms with E-state index in [9.17, 15) is 9.18 Å². The van der Waals surface area contributed by atoms with E-state index in [1.807, 2.05) is 0 Å². The highest BCUT2D eigenvalue weighted by molar-refractivity contribution is 6.04. The van der Waals surface area contributed by atoms with E-state index in [1.54, 1.807) is 35.2 Å². The largest absolute Gasteiger partial charge is 0.397 e. The molecule has 0 saturated carbocycles. The number of aromatic nitrogens is 3. The maximum absolute atomic E-state index is 13.2. The summed E-state index contributed by atoms with van der Waals surface area (Å²) in [6.07, 6.45) is 7.12. The third kappa shape index (κ3) is 3.08. The Bertz CT molecular complexity index is 949. The van der Waals surface area contributed by atoms with Crippen LogP contribution < -0.4 is 16.0 Å². The van der Waals surface area contributed by atoms with Crippen molar-refractivity contribution >= 4 is 23.1 Å². The Morgan fingerprint density at radius 1 is 1.19 bits per heavy atom. The van der Waals surface area contributed by atoms with E-state index in [-0.39, 0.29) is 11.5 Å². The Labute approximate surface area is 149 Å². The zero-order valence-electron chi connectivity index (χ0n) is 13.9. The van der Waals surface area contributed by atoms with Crippen molar-refractivity contribution in [3.63, 3.8) is 0 Å². The normalized spacial score (nSPS) is 13.3. The third-order valence-corrected chi connectivity index (χ3v) is 4.29. The summed E-state index contributed by atoms with van der Waals surface area (Å²) in [4.78, 5) is 23.0. The standard InChI is InChI=1S/C18H17FN6O/c19-12-4-7-25(11-12)13-2-3-14(20)15(8-13)23-18(26)16-9-22-17(10-21-16)24-5-1-6-24/h2-4,7-11H,1,5-6,20H2,(H,23,26). The SMILES string of the molecule is Nc1ccc(-n2ccc(F)c2)cc1NC(=O)c1cnc(N2CCC2)cn1. The summed E-state index contributed by atoms with van der Waals surface area (Å²) in [5.41, 5.74) is 7.66. The Morgan fingerprint density at radius 2 is 2.04 bits per heavy atom. The van der Waals surface area contributed by atoms with Crippen LogP contribution in [0.1, 0.15) is 16.9 Å². The molecule has 8 heteroatoms. The third-order valence-electron chi connectivity index (χ3n) is 4.29. The first-order valence-electron chi connectivity index (χ1n) is 8.22. The molecule has 0 radical (unpaired) electrons. The van der Waals surface area contributed by atoms with Gasteiger partial charge in [-0.1, -0.05) is 0 Å². The lowest BCUT2D eigenvalue weighted by molar-refractivity contribution is 0.102. The Morgan fingerprint density at radius 3 is 2.65 bits per heavy atom. The molecule has 26 heavy (non-hydrogen) atoms. The fraction of sp³-hybridized carbons (Fsp3) is 0.167. The smallest absolute Gasteiger partial charge is 0.275 e. The highest BCUT2D eigenvalue weighted by atomic mass is 19.1. The van der Waals surface area contributed by atoms with Crippen molar-refractivity contribution < 1.29 is 9.18 Å². The van der Waals surface area contributed by atoms with Crippen LogP contribution in [0.25, 0.3) is 5.69 Å². The lowest BCUT2D eigenvalue weighted by Gasteiger charge is -2.31. The van der Waals surface area contributed by atoms with Crippen LogP contribution in [0.4, 0.5) is 21.6 Å². The Balaban J connectivity index is 1.53. The van der Waals surface area contributed by atoms with Crippen molar-refractivity contribution in [1.82, 2.24) is 14.5 Å². The topological polar surface area (TPSA) is 89.1 Å². The summed E-state index contributed by atoms with van der Waals surface area (Å²) in [7, 11) is 0. The van der Waals surface area contributed by atoms with Gasteiger partial charge in [-0.15, -0.1) is 0 Å². The van der Waals surface area contributed by atoms with E-state index in [2.05, 4.69) is 20.2 Å². The van der Waals surface area contributed by atoms with E-state index < -0.39 is 5.91 Å². The molecule has 3 heterocycles. The summed E-state index contributed by atoms with van der Waals surface area (Å²) < 4.78 is 14.8. The molecule has 3 N–H and O–H groups in total. The molecule has 7 nitrogen and oxygen atoms in total. The molecule has 0 aliphatic carbocycles. The van der Waals surface area contributed by atoms with Gasteiger partial charge in [0.2, 0.25) is 0 Å². The van der Waals surface area contributed by atoms with Crippen molar-refractivity contribution in [3.8, 4) is 5.69 Å². The minimum Gasteiger partial charge on any atom is -0.397 e. The minimum absolute atomic E-state index is 0.200.